The minimum atomic E-state index is 0.151. The minimum Gasteiger partial charge on any atom is -0.271 e. The molecule has 0 saturated carbocycles. The maximum atomic E-state index is 5.60. The van der Waals surface area contributed by atoms with Crippen LogP contribution in [-0.4, -0.2) is 9.78 Å². The van der Waals surface area contributed by atoms with E-state index in [-0.39, 0.29) is 6.04 Å². The first-order valence-corrected chi connectivity index (χ1v) is 5.73. The Hall–Kier alpha value is -1.13. The van der Waals surface area contributed by atoms with Gasteiger partial charge in [-0.15, -0.1) is 6.58 Å². The zero-order valence-electron chi connectivity index (χ0n) is 10.5. The lowest BCUT2D eigenvalue weighted by molar-refractivity contribution is 0.466. The van der Waals surface area contributed by atoms with Crippen molar-refractivity contribution in [2.24, 2.45) is 5.84 Å². The van der Waals surface area contributed by atoms with Crippen molar-refractivity contribution in [2.45, 2.75) is 46.2 Å². The highest BCUT2D eigenvalue weighted by molar-refractivity contribution is 5.13. The molecule has 0 aliphatic heterocycles. The number of allylic oxidation sites excluding steroid dienone is 1. The van der Waals surface area contributed by atoms with Crippen LogP contribution < -0.4 is 11.3 Å². The number of nitrogens with one attached hydrogen (secondary N) is 1. The van der Waals surface area contributed by atoms with Crippen molar-refractivity contribution in [3.63, 3.8) is 0 Å². The first-order valence-electron chi connectivity index (χ1n) is 5.73. The second-order valence-corrected chi connectivity index (χ2v) is 4.24. The Kier molecular flexibility index (Phi) is 4.71. The Morgan fingerprint density at radius 2 is 2.38 bits per heavy atom. The van der Waals surface area contributed by atoms with E-state index in [9.17, 15) is 0 Å². The van der Waals surface area contributed by atoms with Crippen LogP contribution in [0, 0.1) is 6.92 Å². The number of nitrogens with zero attached hydrogens (tertiary/aromatic N) is 2. The SMILES string of the molecule is C=C(C)CCC(NN)c1cc(C)nn1CC. The topological polar surface area (TPSA) is 55.9 Å². The third-order valence-electron chi connectivity index (χ3n) is 2.65. The predicted molar refractivity (Wildman–Crippen MR) is 66.8 cm³/mol. The molecular formula is C12H22N4. The van der Waals surface area contributed by atoms with Gasteiger partial charge in [-0.2, -0.15) is 5.10 Å². The van der Waals surface area contributed by atoms with E-state index in [0.717, 1.165) is 30.8 Å². The summed E-state index contributed by atoms with van der Waals surface area (Å²) < 4.78 is 2.00. The van der Waals surface area contributed by atoms with Gasteiger partial charge in [0.05, 0.1) is 17.4 Å². The van der Waals surface area contributed by atoms with Gasteiger partial charge in [0.2, 0.25) is 0 Å². The summed E-state index contributed by atoms with van der Waals surface area (Å²) in [6, 6.07) is 2.24. The van der Waals surface area contributed by atoms with Gasteiger partial charge in [-0.05, 0) is 39.7 Å². The largest absolute Gasteiger partial charge is 0.271 e. The summed E-state index contributed by atoms with van der Waals surface area (Å²) in [5, 5.41) is 4.42. The number of hydrazine groups is 1. The highest BCUT2D eigenvalue weighted by atomic mass is 15.3. The molecule has 16 heavy (non-hydrogen) atoms. The number of aromatic nitrogens is 2. The Bertz CT molecular complexity index is 354. The van der Waals surface area contributed by atoms with Crippen molar-refractivity contribution in [1.29, 1.82) is 0 Å². The third-order valence-corrected chi connectivity index (χ3v) is 2.65. The fourth-order valence-corrected chi connectivity index (χ4v) is 1.81. The minimum absolute atomic E-state index is 0.151. The predicted octanol–water partition coefficient (Wildman–Crippen LogP) is 2.07. The van der Waals surface area contributed by atoms with Crippen LogP contribution in [0.15, 0.2) is 18.2 Å². The molecule has 1 heterocycles. The van der Waals surface area contributed by atoms with Gasteiger partial charge < -0.3 is 0 Å². The van der Waals surface area contributed by atoms with Crippen molar-refractivity contribution in [3.05, 3.63) is 29.6 Å². The van der Waals surface area contributed by atoms with Crippen LogP contribution in [0.5, 0.6) is 0 Å². The Balaban J connectivity index is 2.80. The average Bonchev–Trinajstić information content (AvgIpc) is 2.60. The number of nitrogens with two attached hydrogens (primary N) is 1. The van der Waals surface area contributed by atoms with Crippen molar-refractivity contribution < 1.29 is 0 Å². The van der Waals surface area contributed by atoms with E-state index in [0.29, 0.717) is 0 Å². The van der Waals surface area contributed by atoms with E-state index in [1.165, 1.54) is 5.57 Å². The van der Waals surface area contributed by atoms with Gasteiger partial charge >= 0.3 is 0 Å². The summed E-state index contributed by atoms with van der Waals surface area (Å²) in [7, 11) is 0. The van der Waals surface area contributed by atoms with Crippen molar-refractivity contribution in [2.75, 3.05) is 0 Å². The quantitative estimate of drug-likeness (QED) is 0.440. The lowest BCUT2D eigenvalue weighted by Gasteiger charge is -2.17. The number of hydrogen-bond acceptors (Lipinski definition) is 3. The Morgan fingerprint density at radius 1 is 1.69 bits per heavy atom. The number of rotatable bonds is 6. The highest BCUT2D eigenvalue weighted by Crippen LogP contribution is 2.20. The van der Waals surface area contributed by atoms with E-state index >= 15 is 0 Å². The van der Waals surface area contributed by atoms with Crippen molar-refractivity contribution >= 4 is 0 Å². The molecule has 90 valence electrons. The van der Waals surface area contributed by atoms with Crippen LogP contribution in [0.25, 0.3) is 0 Å². The molecule has 0 spiro atoms. The smallest absolute Gasteiger partial charge is 0.0632 e. The van der Waals surface area contributed by atoms with Crippen molar-refractivity contribution in [1.82, 2.24) is 15.2 Å². The van der Waals surface area contributed by atoms with Gasteiger partial charge in [-0.3, -0.25) is 16.0 Å². The molecule has 0 bridgehead atoms. The van der Waals surface area contributed by atoms with Gasteiger partial charge in [-0.25, -0.2) is 0 Å². The summed E-state index contributed by atoms with van der Waals surface area (Å²) in [5.74, 6) is 5.60. The van der Waals surface area contributed by atoms with Crippen LogP contribution in [0.1, 0.15) is 44.1 Å². The zero-order valence-corrected chi connectivity index (χ0v) is 10.5. The maximum Gasteiger partial charge on any atom is 0.0632 e. The molecule has 4 heteroatoms. The normalized spacial score (nSPS) is 12.8. The van der Waals surface area contributed by atoms with E-state index in [1.807, 2.05) is 18.5 Å². The van der Waals surface area contributed by atoms with E-state index in [1.54, 1.807) is 0 Å². The molecule has 3 N–H and O–H groups in total. The van der Waals surface area contributed by atoms with Crippen LogP contribution >= 0.6 is 0 Å². The lowest BCUT2D eigenvalue weighted by atomic mass is 10.1. The number of hydrogen-bond donors (Lipinski definition) is 2. The van der Waals surface area contributed by atoms with Gasteiger partial charge in [0, 0.05) is 6.54 Å². The first-order chi connectivity index (χ1) is 7.58. The molecular weight excluding hydrogens is 200 g/mol. The van der Waals surface area contributed by atoms with Gasteiger partial charge in [0.25, 0.3) is 0 Å². The highest BCUT2D eigenvalue weighted by Gasteiger charge is 2.15. The summed E-state index contributed by atoms with van der Waals surface area (Å²) in [6.45, 7) is 10.9. The molecule has 1 unspecified atom stereocenters. The van der Waals surface area contributed by atoms with Crippen molar-refractivity contribution in [3.8, 4) is 0 Å². The molecule has 1 aromatic rings. The molecule has 0 aromatic carbocycles. The molecule has 0 amide bonds. The maximum absolute atomic E-state index is 5.60. The zero-order chi connectivity index (χ0) is 12.1. The first kappa shape index (κ1) is 12.9. The summed E-state index contributed by atoms with van der Waals surface area (Å²) in [6.07, 6.45) is 1.93. The molecule has 0 radical (unpaired) electrons. The molecule has 0 aliphatic rings. The van der Waals surface area contributed by atoms with Gasteiger partial charge in [0.15, 0.2) is 0 Å². The molecule has 0 aliphatic carbocycles. The Morgan fingerprint density at radius 3 is 2.88 bits per heavy atom. The number of aryl methyl sites for hydroxylation is 2. The third kappa shape index (κ3) is 3.18. The fourth-order valence-electron chi connectivity index (χ4n) is 1.81. The van der Waals surface area contributed by atoms with Crippen LogP contribution in [0.2, 0.25) is 0 Å². The van der Waals surface area contributed by atoms with Crippen LogP contribution in [-0.2, 0) is 6.54 Å². The second kappa shape index (κ2) is 5.82. The van der Waals surface area contributed by atoms with E-state index in [2.05, 4.69) is 30.1 Å². The molecule has 4 nitrogen and oxygen atoms in total. The van der Waals surface area contributed by atoms with Crippen LogP contribution in [0.3, 0.4) is 0 Å². The summed E-state index contributed by atoms with van der Waals surface area (Å²) in [4.78, 5) is 0. The molecule has 0 fully saturated rings. The van der Waals surface area contributed by atoms with Gasteiger partial charge in [-0.1, -0.05) is 5.57 Å². The van der Waals surface area contributed by atoms with E-state index in [4.69, 9.17) is 5.84 Å². The molecule has 1 atom stereocenters. The molecule has 0 saturated heterocycles. The molecule has 1 rings (SSSR count). The standard InChI is InChI=1S/C12H22N4/c1-5-16-12(8-10(4)15-16)11(14-13)7-6-9(2)3/h8,11,14H,2,5-7,13H2,1,3-4H3. The van der Waals surface area contributed by atoms with Gasteiger partial charge in [0.1, 0.15) is 0 Å². The van der Waals surface area contributed by atoms with E-state index < -0.39 is 0 Å². The molecule has 1 aromatic heterocycles. The second-order valence-electron chi connectivity index (χ2n) is 4.24. The summed E-state index contributed by atoms with van der Waals surface area (Å²) >= 11 is 0. The Labute approximate surface area is 97.5 Å². The lowest BCUT2D eigenvalue weighted by Crippen LogP contribution is -2.29. The average molecular weight is 222 g/mol. The summed E-state index contributed by atoms with van der Waals surface area (Å²) in [5.41, 5.74) is 6.23. The fraction of sp³-hybridized carbons (Fsp3) is 0.583. The monoisotopic (exact) mass is 222 g/mol. The van der Waals surface area contributed by atoms with Crippen LogP contribution in [0.4, 0.5) is 0 Å².